The fourth-order valence-electron chi connectivity index (χ4n) is 1.73. The van der Waals surface area contributed by atoms with Crippen molar-refractivity contribution in [3.8, 4) is 6.07 Å². The van der Waals surface area contributed by atoms with E-state index in [9.17, 15) is 8.42 Å². The first-order valence-electron chi connectivity index (χ1n) is 6.69. The molecule has 0 unspecified atom stereocenters. The van der Waals surface area contributed by atoms with E-state index >= 15 is 0 Å². The van der Waals surface area contributed by atoms with Gasteiger partial charge in [0.05, 0.1) is 28.8 Å². The van der Waals surface area contributed by atoms with Crippen LogP contribution in [0.2, 0.25) is 0 Å². The Morgan fingerprint density at radius 1 is 1.09 bits per heavy atom. The molecule has 0 saturated heterocycles. The van der Waals surface area contributed by atoms with Gasteiger partial charge in [-0.2, -0.15) is 23.9 Å². The fourth-order valence-corrected chi connectivity index (χ4v) is 2.25. The Balaban J connectivity index is 2.07. The lowest BCUT2D eigenvalue weighted by Gasteiger charge is -2.03. The molecular formula is C15H14N4O3S. The summed E-state index contributed by atoms with van der Waals surface area (Å²) in [6.45, 7) is 0.569. The maximum atomic E-state index is 11.1. The number of anilines is 1. The van der Waals surface area contributed by atoms with Gasteiger partial charge in [-0.3, -0.25) is 4.55 Å². The average Bonchev–Trinajstić information content (AvgIpc) is 2.54. The highest BCUT2D eigenvalue weighted by Gasteiger charge is 2.09. The molecule has 23 heavy (non-hydrogen) atoms. The van der Waals surface area contributed by atoms with E-state index in [2.05, 4.69) is 15.5 Å². The van der Waals surface area contributed by atoms with Crippen molar-refractivity contribution in [3.63, 3.8) is 0 Å². The minimum absolute atomic E-state index is 0.231. The van der Waals surface area contributed by atoms with Gasteiger partial charge in [-0.05, 0) is 42.5 Å². The van der Waals surface area contributed by atoms with Crippen LogP contribution in [0.1, 0.15) is 6.42 Å². The molecule has 0 heterocycles. The molecule has 0 aliphatic heterocycles. The molecule has 7 nitrogen and oxygen atoms in total. The first-order chi connectivity index (χ1) is 11.0. The standard InChI is InChI=1S/C15H14N4O3S/c16-9-2-10-17-12-5-7-13(8-6-12)18-19-14-3-1-4-15(11-14)23(20,21)22/h1,3-8,11,17H,2,10H2,(H,20,21,22). The number of nitrogens with one attached hydrogen (secondary N) is 1. The first-order valence-corrected chi connectivity index (χ1v) is 8.13. The van der Waals surface area contributed by atoms with Crippen molar-refractivity contribution >= 4 is 27.2 Å². The second-order valence-corrected chi connectivity index (χ2v) is 5.98. The number of benzene rings is 2. The predicted octanol–water partition coefficient (Wildman–Crippen LogP) is 3.67. The third-order valence-corrected chi connectivity index (χ3v) is 3.68. The maximum absolute atomic E-state index is 11.1. The lowest BCUT2D eigenvalue weighted by molar-refractivity contribution is 0.483. The van der Waals surface area contributed by atoms with Gasteiger partial charge in [-0.15, -0.1) is 0 Å². The van der Waals surface area contributed by atoms with E-state index in [0.717, 1.165) is 5.69 Å². The zero-order chi connectivity index (χ0) is 16.7. The Morgan fingerprint density at radius 2 is 1.78 bits per heavy atom. The summed E-state index contributed by atoms with van der Waals surface area (Å²) in [6, 6.07) is 14.7. The number of hydrogen-bond donors (Lipinski definition) is 2. The van der Waals surface area contributed by atoms with Gasteiger partial charge in [0, 0.05) is 12.2 Å². The van der Waals surface area contributed by atoms with Gasteiger partial charge < -0.3 is 5.32 Å². The van der Waals surface area contributed by atoms with Crippen LogP contribution in [0, 0.1) is 11.3 Å². The Bertz CT molecular complexity index is 840. The number of hydrogen-bond acceptors (Lipinski definition) is 6. The number of nitriles is 1. The van der Waals surface area contributed by atoms with E-state index in [-0.39, 0.29) is 4.90 Å². The van der Waals surface area contributed by atoms with Crippen molar-refractivity contribution in [2.45, 2.75) is 11.3 Å². The predicted molar refractivity (Wildman–Crippen MR) is 85.6 cm³/mol. The maximum Gasteiger partial charge on any atom is 0.294 e. The van der Waals surface area contributed by atoms with Crippen LogP contribution >= 0.6 is 0 Å². The summed E-state index contributed by atoms with van der Waals surface area (Å²) in [6.07, 6.45) is 0.422. The topological polar surface area (TPSA) is 115 Å². The summed E-state index contributed by atoms with van der Waals surface area (Å²) in [5.41, 5.74) is 1.78. The molecule has 0 aliphatic rings. The van der Waals surface area contributed by atoms with Crippen LogP contribution in [0.3, 0.4) is 0 Å². The molecule has 0 fully saturated rings. The van der Waals surface area contributed by atoms with Crippen molar-refractivity contribution in [2.24, 2.45) is 10.2 Å². The van der Waals surface area contributed by atoms with Gasteiger partial charge >= 0.3 is 0 Å². The van der Waals surface area contributed by atoms with Gasteiger partial charge in [-0.25, -0.2) is 0 Å². The van der Waals surface area contributed by atoms with Gasteiger partial charge in [0.2, 0.25) is 0 Å². The van der Waals surface area contributed by atoms with Crippen LogP contribution in [0.4, 0.5) is 17.1 Å². The number of rotatable bonds is 6. The average molecular weight is 330 g/mol. The van der Waals surface area contributed by atoms with Crippen molar-refractivity contribution < 1.29 is 13.0 Å². The summed E-state index contributed by atoms with van der Waals surface area (Å²) < 4.78 is 31.1. The van der Waals surface area contributed by atoms with Gasteiger partial charge in [-0.1, -0.05) is 6.07 Å². The molecule has 2 rings (SSSR count). The quantitative estimate of drug-likeness (QED) is 0.476. The van der Waals surface area contributed by atoms with Crippen molar-refractivity contribution in [1.29, 1.82) is 5.26 Å². The van der Waals surface area contributed by atoms with Gasteiger partial charge in [0.1, 0.15) is 0 Å². The van der Waals surface area contributed by atoms with Gasteiger partial charge in [0.25, 0.3) is 10.1 Å². The lowest BCUT2D eigenvalue weighted by Crippen LogP contribution is -1.99. The Hall–Kier alpha value is -2.76. The van der Waals surface area contributed by atoms with Gasteiger partial charge in [0.15, 0.2) is 0 Å². The van der Waals surface area contributed by atoms with E-state index in [1.807, 2.05) is 6.07 Å². The molecule has 2 aromatic carbocycles. The van der Waals surface area contributed by atoms with Crippen molar-refractivity contribution in [2.75, 3.05) is 11.9 Å². The largest absolute Gasteiger partial charge is 0.384 e. The molecule has 0 bridgehead atoms. The zero-order valence-corrected chi connectivity index (χ0v) is 12.9. The van der Waals surface area contributed by atoms with Crippen LogP contribution in [0.5, 0.6) is 0 Å². The molecular weight excluding hydrogens is 316 g/mol. The summed E-state index contributed by atoms with van der Waals surface area (Å²) in [5.74, 6) is 0. The van der Waals surface area contributed by atoms with Crippen molar-refractivity contribution in [3.05, 3.63) is 48.5 Å². The second-order valence-electron chi connectivity index (χ2n) is 4.55. The summed E-state index contributed by atoms with van der Waals surface area (Å²) in [7, 11) is -4.26. The van der Waals surface area contributed by atoms with E-state index in [1.165, 1.54) is 18.2 Å². The van der Waals surface area contributed by atoms with E-state index in [1.54, 1.807) is 30.3 Å². The SMILES string of the molecule is N#CCCNc1ccc(N=Nc2cccc(S(=O)(=O)O)c2)cc1. The van der Waals surface area contributed by atoms with Crippen LogP contribution in [-0.2, 0) is 10.1 Å². The highest BCUT2D eigenvalue weighted by atomic mass is 32.2. The van der Waals surface area contributed by atoms with Crippen molar-refractivity contribution in [1.82, 2.24) is 0 Å². The molecule has 8 heteroatoms. The van der Waals surface area contributed by atoms with E-state index in [4.69, 9.17) is 9.81 Å². The molecule has 2 N–H and O–H groups in total. The molecule has 0 saturated carbocycles. The van der Waals surface area contributed by atoms with Crippen LogP contribution in [-0.4, -0.2) is 19.5 Å². The van der Waals surface area contributed by atoms with Crippen LogP contribution in [0.15, 0.2) is 63.7 Å². The molecule has 0 atom stereocenters. The summed E-state index contributed by atoms with van der Waals surface area (Å²) >= 11 is 0. The number of azo groups is 1. The zero-order valence-electron chi connectivity index (χ0n) is 12.0. The third kappa shape index (κ3) is 5.18. The molecule has 0 amide bonds. The third-order valence-electron chi connectivity index (χ3n) is 2.83. The Morgan fingerprint density at radius 3 is 2.43 bits per heavy atom. The highest BCUT2D eigenvalue weighted by molar-refractivity contribution is 7.85. The molecule has 0 spiro atoms. The lowest BCUT2D eigenvalue weighted by atomic mass is 10.3. The monoisotopic (exact) mass is 330 g/mol. The van der Waals surface area contributed by atoms with E-state index < -0.39 is 10.1 Å². The van der Waals surface area contributed by atoms with Crippen LogP contribution < -0.4 is 5.32 Å². The van der Waals surface area contributed by atoms with E-state index in [0.29, 0.717) is 24.3 Å². The van der Waals surface area contributed by atoms with Crippen LogP contribution in [0.25, 0.3) is 0 Å². The normalized spacial score (nSPS) is 11.3. The summed E-state index contributed by atoms with van der Waals surface area (Å²) in [4.78, 5) is -0.231. The number of nitrogens with zero attached hydrogens (tertiary/aromatic N) is 3. The minimum atomic E-state index is -4.26. The molecule has 2 aromatic rings. The minimum Gasteiger partial charge on any atom is -0.384 e. The molecule has 0 aromatic heterocycles. The molecule has 118 valence electrons. The molecule has 0 radical (unpaired) electrons. The summed E-state index contributed by atoms with van der Waals surface area (Å²) in [5, 5.41) is 19.5. The molecule has 0 aliphatic carbocycles. The highest BCUT2D eigenvalue weighted by Crippen LogP contribution is 2.22. The Kier molecular flexibility index (Phi) is 5.41. The Labute approximate surface area is 134 Å². The smallest absolute Gasteiger partial charge is 0.294 e. The first kappa shape index (κ1) is 16.6. The fraction of sp³-hybridized carbons (Fsp3) is 0.133. The second kappa shape index (κ2) is 7.49.